The van der Waals surface area contributed by atoms with Gasteiger partial charge in [-0.05, 0) is 31.4 Å². The molecule has 1 aliphatic carbocycles. The van der Waals surface area contributed by atoms with E-state index in [0.29, 0.717) is 6.42 Å². The zero-order valence-corrected chi connectivity index (χ0v) is 11.9. The summed E-state index contributed by atoms with van der Waals surface area (Å²) in [6.45, 7) is 0. The first-order chi connectivity index (χ1) is 9.66. The van der Waals surface area contributed by atoms with Gasteiger partial charge in [0, 0.05) is 18.1 Å². The second-order valence-corrected chi connectivity index (χ2v) is 5.92. The zero-order chi connectivity index (χ0) is 14.1. The third kappa shape index (κ3) is 2.27. The van der Waals surface area contributed by atoms with Crippen molar-refractivity contribution < 1.29 is 9.90 Å². The van der Waals surface area contributed by atoms with Gasteiger partial charge in [-0.15, -0.1) is 11.3 Å². The van der Waals surface area contributed by atoms with Crippen LogP contribution in [0.15, 0.2) is 24.5 Å². The van der Waals surface area contributed by atoms with Crippen LogP contribution in [0.4, 0.5) is 10.8 Å². The Morgan fingerprint density at radius 3 is 3.10 bits per heavy atom. The molecule has 1 aliphatic rings. The largest absolute Gasteiger partial charge is 0.481 e. The number of carbonyl (C=O) groups is 1. The van der Waals surface area contributed by atoms with Crippen molar-refractivity contribution >= 4 is 28.1 Å². The standard InChI is InChI=1S/C14H15N3O2S/c1-17(9-4-3-7-15-8-9)14-16-12-10(13(18)19)5-2-6-11(12)20-14/h3-4,7-8,10H,2,5-6H2,1H3,(H,18,19). The molecule has 0 aromatic carbocycles. The van der Waals surface area contributed by atoms with Gasteiger partial charge < -0.3 is 10.0 Å². The van der Waals surface area contributed by atoms with Gasteiger partial charge in [-0.3, -0.25) is 9.78 Å². The average molecular weight is 289 g/mol. The Hall–Kier alpha value is -1.95. The van der Waals surface area contributed by atoms with Crippen LogP contribution >= 0.6 is 11.3 Å². The first-order valence-corrected chi connectivity index (χ1v) is 7.34. The molecule has 5 nitrogen and oxygen atoms in total. The summed E-state index contributed by atoms with van der Waals surface area (Å²) in [6.07, 6.45) is 6.03. The van der Waals surface area contributed by atoms with Gasteiger partial charge in [-0.25, -0.2) is 4.98 Å². The lowest BCUT2D eigenvalue weighted by atomic mass is 9.91. The van der Waals surface area contributed by atoms with Crippen LogP contribution in [0.2, 0.25) is 0 Å². The van der Waals surface area contributed by atoms with E-state index in [1.165, 1.54) is 0 Å². The van der Waals surface area contributed by atoms with Crippen molar-refractivity contribution in [3.63, 3.8) is 0 Å². The lowest BCUT2D eigenvalue weighted by Gasteiger charge is -2.16. The Balaban J connectivity index is 1.95. The highest BCUT2D eigenvalue weighted by Crippen LogP contribution is 2.39. The number of carboxylic acid groups (broad SMARTS) is 1. The first-order valence-electron chi connectivity index (χ1n) is 6.53. The van der Waals surface area contributed by atoms with Crippen LogP contribution in [0, 0.1) is 0 Å². The molecule has 104 valence electrons. The van der Waals surface area contributed by atoms with E-state index in [-0.39, 0.29) is 0 Å². The van der Waals surface area contributed by atoms with Gasteiger partial charge in [-0.2, -0.15) is 0 Å². The molecule has 0 aliphatic heterocycles. The Kier molecular flexibility index (Phi) is 3.40. The van der Waals surface area contributed by atoms with Gasteiger partial charge in [0.15, 0.2) is 5.13 Å². The number of carboxylic acids is 1. The number of aliphatic carboxylic acids is 1. The van der Waals surface area contributed by atoms with Gasteiger partial charge >= 0.3 is 5.97 Å². The second kappa shape index (κ2) is 5.20. The number of pyridine rings is 1. The molecule has 0 radical (unpaired) electrons. The molecule has 0 bridgehead atoms. The van der Waals surface area contributed by atoms with E-state index in [0.717, 1.165) is 34.2 Å². The van der Waals surface area contributed by atoms with Crippen molar-refractivity contribution in [3.8, 4) is 0 Å². The zero-order valence-electron chi connectivity index (χ0n) is 11.1. The van der Waals surface area contributed by atoms with E-state index in [2.05, 4.69) is 9.97 Å². The summed E-state index contributed by atoms with van der Waals surface area (Å²) in [5.74, 6) is -1.22. The van der Waals surface area contributed by atoms with Crippen molar-refractivity contribution in [3.05, 3.63) is 35.1 Å². The maximum absolute atomic E-state index is 11.3. The third-order valence-electron chi connectivity index (χ3n) is 3.56. The SMILES string of the molecule is CN(c1cccnc1)c1nc2c(s1)CCCC2C(=O)O. The number of hydrogen-bond acceptors (Lipinski definition) is 5. The van der Waals surface area contributed by atoms with Gasteiger partial charge in [0.1, 0.15) is 5.92 Å². The van der Waals surface area contributed by atoms with E-state index < -0.39 is 11.9 Å². The molecule has 0 fully saturated rings. The minimum absolute atomic E-state index is 0.453. The molecule has 6 heteroatoms. The van der Waals surface area contributed by atoms with Crippen LogP contribution in [0.3, 0.4) is 0 Å². The summed E-state index contributed by atoms with van der Waals surface area (Å²) in [5, 5.41) is 10.1. The molecule has 2 heterocycles. The topological polar surface area (TPSA) is 66.3 Å². The molecule has 2 aromatic heterocycles. The fourth-order valence-electron chi connectivity index (χ4n) is 2.45. The summed E-state index contributed by atoms with van der Waals surface area (Å²) < 4.78 is 0. The van der Waals surface area contributed by atoms with E-state index in [4.69, 9.17) is 0 Å². The van der Waals surface area contributed by atoms with E-state index in [9.17, 15) is 9.90 Å². The molecule has 1 N–H and O–H groups in total. The van der Waals surface area contributed by atoms with Crippen LogP contribution in [0.5, 0.6) is 0 Å². The molecule has 1 atom stereocenters. The predicted octanol–water partition coefficient (Wildman–Crippen LogP) is 2.81. The minimum Gasteiger partial charge on any atom is -0.481 e. The highest BCUT2D eigenvalue weighted by molar-refractivity contribution is 7.15. The summed E-state index contributed by atoms with van der Waals surface area (Å²) in [6, 6.07) is 3.83. The maximum Gasteiger partial charge on any atom is 0.312 e. The number of aryl methyl sites for hydroxylation is 1. The Morgan fingerprint density at radius 2 is 2.40 bits per heavy atom. The lowest BCUT2D eigenvalue weighted by Crippen LogP contribution is -2.17. The molecule has 1 unspecified atom stereocenters. The Morgan fingerprint density at radius 1 is 1.55 bits per heavy atom. The normalized spacial score (nSPS) is 17.6. The first kappa shape index (κ1) is 13.1. The summed E-state index contributed by atoms with van der Waals surface area (Å²) >= 11 is 1.58. The quantitative estimate of drug-likeness (QED) is 0.941. The van der Waals surface area contributed by atoms with Crippen molar-refractivity contribution in [1.82, 2.24) is 9.97 Å². The van der Waals surface area contributed by atoms with Crippen molar-refractivity contribution in [2.45, 2.75) is 25.2 Å². The van der Waals surface area contributed by atoms with Gasteiger partial charge in [0.2, 0.25) is 0 Å². The molecule has 0 spiro atoms. The van der Waals surface area contributed by atoms with Crippen molar-refractivity contribution in [2.75, 3.05) is 11.9 Å². The third-order valence-corrected chi connectivity index (χ3v) is 4.77. The van der Waals surface area contributed by atoms with Crippen LogP contribution in [0.25, 0.3) is 0 Å². The lowest BCUT2D eigenvalue weighted by molar-refractivity contribution is -0.139. The van der Waals surface area contributed by atoms with Crippen LogP contribution in [-0.4, -0.2) is 28.1 Å². The monoisotopic (exact) mass is 289 g/mol. The Bertz CT molecular complexity index is 627. The highest BCUT2D eigenvalue weighted by Gasteiger charge is 2.30. The van der Waals surface area contributed by atoms with Crippen molar-refractivity contribution in [1.29, 1.82) is 0 Å². The number of fused-ring (bicyclic) bond motifs is 1. The molecule has 20 heavy (non-hydrogen) atoms. The summed E-state index contributed by atoms with van der Waals surface area (Å²) in [5.41, 5.74) is 1.70. The molecule has 2 aromatic rings. The predicted molar refractivity (Wildman–Crippen MR) is 77.7 cm³/mol. The molecule has 0 amide bonds. The fourth-order valence-corrected chi connectivity index (χ4v) is 3.60. The molecule has 0 saturated carbocycles. The fraction of sp³-hybridized carbons (Fsp3) is 0.357. The number of thiazole rings is 1. The molecular formula is C14H15N3O2S. The second-order valence-electron chi connectivity index (χ2n) is 4.86. The van der Waals surface area contributed by atoms with Crippen LogP contribution < -0.4 is 4.90 Å². The average Bonchev–Trinajstić information content (AvgIpc) is 2.90. The number of aromatic nitrogens is 2. The number of hydrogen-bond donors (Lipinski definition) is 1. The van der Waals surface area contributed by atoms with E-state index >= 15 is 0 Å². The molecular weight excluding hydrogens is 274 g/mol. The van der Waals surface area contributed by atoms with Crippen LogP contribution in [-0.2, 0) is 11.2 Å². The number of anilines is 2. The summed E-state index contributed by atoms with van der Waals surface area (Å²) in [4.78, 5) is 23.0. The smallest absolute Gasteiger partial charge is 0.312 e. The maximum atomic E-state index is 11.3. The molecule has 3 rings (SSSR count). The van der Waals surface area contributed by atoms with Gasteiger partial charge in [-0.1, -0.05) is 0 Å². The van der Waals surface area contributed by atoms with E-state index in [1.54, 1.807) is 23.7 Å². The molecule has 0 saturated heterocycles. The number of rotatable bonds is 3. The van der Waals surface area contributed by atoms with Gasteiger partial charge in [0.05, 0.1) is 17.6 Å². The summed E-state index contributed by atoms with van der Waals surface area (Å²) in [7, 11) is 1.93. The number of nitrogens with zero attached hydrogens (tertiary/aromatic N) is 3. The van der Waals surface area contributed by atoms with E-state index in [1.807, 2.05) is 24.1 Å². The minimum atomic E-state index is -0.771. The van der Waals surface area contributed by atoms with Crippen molar-refractivity contribution in [2.24, 2.45) is 0 Å². The van der Waals surface area contributed by atoms with Crippen LogP contribution in [0.1, 0.15) is 29.3 Å². The highest BCUT2D eigenvalue weighted by atomic mass is 32.1. The van der Waals surface area contributed by atoms with Gasteiger partial charge in [0.25, 0.3) is 0 Å². The Labute approximate surface area is 120 Å².